The Bertz CT molecular complexity index is 972. The van der Waals surface area contributed by atoms with Crippen LogP contribution in [-0.2, 0) is 4.79 Å². The quantitative estimate of drug-likeness (QED) is 0.781. The van der Waals surface area contributed by atoms with Crippen LogP contribution in [0.3, 0.4) is 0 Å². The summed E-state index contributed by atoms with van der Waals surface area (Å²) in [5.74, 6) is 0.0981. The van der Waals surface area contributed by atoms with Crippen molar-refractivity contribution in [2.45, 2.75) is 25.9 Å². The first kappa shape index (κ1) is 16.4. The molecule has 3 aromatic heterocycles. The molecule has 0 aromatic carbocycles. The number of carbonyl (C=O) groups excluding carboxylic acids is 1. The first-order valence-electron chi connectivity index (χ1n) is 8.44. The molecule has 1 aliphatic heterocycles. The van der Waals surface area contributed by atoms with Gasteiger partial charge in [0.25, 0.3) is 5.91 Å². The van der Waals surface area contributed by atoms with E-state index in [0.29, 0.717) is 17.9 Å². The number of aromatic nitrogens is 4. The lowest BCUT2D eigenvalue weighted by atomic mass is 10.0. The number of aryl methyl sites for hydroxylation is 2. The fourth-order valence-electron chi connectivity index (χ4n) is 3.25. The van der Waals surface area contributed by atoms with Gasteiger partial charge in [-0.1, -0.05) is 0 Å². The Morgan fingerprint density at radius 1 is 1.31 bits per heavy atom. The van der Waals surface area contributed by atoms with Gasteiger partial charge in [0.2, 0.25) is 5.67 Å². The number of nitrogens with one attached hydrogen (secondary N) is 1. The van der Waals surface area contributed by atoms with Crippen LogP contribution in [0.2, 0.25) is 0 Å². The van der Waals surface area contributed by atoms with Crippen molar-refractivity contribution < 1.29 is 9.18 Å². The van der Waals surface area contributed by atoms with E-state index in [0.717, 1.165) is 17.2 Å². The van der Waals surface area contributed by atoms with E-state index in [9.17, 15) is 4.79 Å². The molecule has 1 atom stereocenters. The van der Waals surface area contributed by atoms with Gasteiger partial charge in [0.15, 0.2) is 5.65 Å². The van der Waals surface area contributed by atoms with Crippen LogP contribution in [0.15, 0.2) is 36.7 Å². The zero-order chi connectivity index (χ0) is 18.3. The summed E-state index contributed by atoms with van der Waals surface area (Å²) in [6, 6.07) is 7.12. The van der Waals surface area contributed by atoms with Gasteiger partial charge >= 0.3 is 0 Å². The average molecular weight is 354 g/mol. The highest BCUT2D eigenvalue weighted by Gasteiger charge is 2.46. The van der Waals surface area contributed by atoms with Crippen LogP contribution in [0.4, 0.5) is 15.9 Å². The van der Waals surface area contributed by atoms with Crippen molar-refractivity contribution in [3.8, 4) is 0 Å². The lowest BCUT2D eigenvalue weighted by Crippen LogP contribution is -2.41. The van der Waals surface area contributed by atoms with Gasteiger partial charge in [-0.25, -0.2) is 9.37 Å². The normalized spacial score (nSPS) is 19.9. The Hall–Kier alpha value is -3.03. The molecule has 1 fully saturated rings. The molecule has 0 saturated carbocycles. The van der Waals surface area contributed by atoms with E-state index in [1.165, 1.54) is 6.20 Å². The van der Waals surface area contributed by atoms with E-state index >= 15 is 4.39 Å². The molecule has 4 rings (SSSR count). The number of fused-ring (bicyclic) bond motifs is 1. The summed E-state index contributed by atoms with van der Waals surface area (Å²) in [6.07, 6.45) is 3.21. The van der Waals surface area contributed by atoms with Gasteiger partial charge < -0.3 is 10.2 Å². The molecule has 1 amide bonds. The van der Waals surface area contributed by atoms with Crippen molar-refractivity contribution in [1.82, 2.24) is 19.6 Å². The van der Waals surface area contributed by atoms with Gasteiger partial charge in [0.05, 0.1) is 24.1 Å². The number of pyridine rings is 1. The predicted molar refractivity (Wildman–Crippen MR) is 96.0 cm³/mol. The van der Waals surface area contributed by atoms with Gasteiger partial charge in [0.1, 0.15) is 5.82 Å². The number of nitrogens with zero attached hydrogens (tertiary/aromatic N) is 5. The highest BCUT2D eigenvalue weighted by molar-refractivity contribution is 5.98. The second-order valence-corrected chi connectivity index (χ2v) is 6.64. The van der Waals surface area contributed by atoms with Crippen molar-refractivity contribution in [2.75, 3.05) is 23.3 Å². The fourth-order valence-corrected chi connectivity index (χ4v) is 3.25. The zero-order valence-corrected chi connectivity index (χ0v) is 14.6. The second kappa shape index (κ2) is 6.05. The molecule has 7 nitrogen and oxygen atoms in total. The van der Waals surface area contributed by atoms with E-state index in [1.54, 1.807) is 22.8 Å². The lowest BCUT2D eigenvalue weighted by Gasteiger charge is -2.22. The topological polar surface area (TPSA) is 75.4 Å². The van der Waals surface area contributed by atoms with Crippen LogP contribution in [-0.4, -0.2) is 44.2 Å². The third kappa shape index (κ3) is 2.87. The van der Waals surface area contributed by atoms with Gasteiger partial charge in [-0.15, -0.1) is 0 Å². The van der Waals surface area contributed by atoms with Crippen LogP contribution in [0.25, 0.3) is 5.65 Å². The molecule has 0 spiro atoms. The first-order chi connectivity index (χ1) is 12.4. The molecule has 3 aromatic rings. The minimum atomic E-state index is -1.97. The minimum absolute atomic E-state index is 0.0312. The molecule has 1 N–H and O–H groups in total. The predicted octanol–water partition coefficient (Wildman–Crippen LogP) is 2.30. The van der Waals surface area contributed by atoms with Crippen LogP contribution in [0.5, 0.6) is 0 Å². The summed E-state index contributed by atoms with van der Waals surface area (Å²) in [5, 5.41) is 7.05. The summed E-state index contributed by atoms with van der Waals surface area (Å²) in [4.78, 5) is 22.7. The van der Waals surface area contributed by atoms with Crippen LogP contribution in [0.1, 0.15) is 17.8 Å². The standard InChI is InChI=1S/C18H19FN6O/c1-12-9-16(25-15(21-12)8-13(2)23-25)24-7-5-18(19,11-24)17(26)22-14-4-3-6-20-10-14/h3-4,6,8-10H,5,7,11H2,1-2H3,(H,22,26). The Morgan fingerprint density at radius 2 is 2.15 bits per heavy atom. The zero-order valence-electron chi connectivity index (χ0n) is 14.6. The van der Waals surface area contributed by atoms with Crippen molar-refractivity contribution in [3.63, 3.8) is 0 Å². The number of carbonyl (C=O) groups is 1. The molecule has 1 unspecified atom stereocenters. The number of rotatable bonds is 3. The Balaban J connectivity index is 1.59. The van der Waals surface area contributed by atoms with E-state index in [4.69, 9.17) is 0 Å². The summed E-state index contributed by atoms with van der Waals surface area (Å²) in [5.41, 5.74) is 0.890. The SMILES string of the molecule is Cc1cc(N2CCC(F)(C(=O)Nc3cccnc3)C2)n2nc(C)cc2n1. The summed E-state index contributed by atoms with van der Waals surface area (Å²) in [6.45, 7) is 4.17. The molecule has 0 radical (unpaired) electrons. The monoisotopic (exact) mass is 354 g/mol. The molecule has 0 aliphatic carbocycles. The third-order valence-electron chi connectivity index (χ3n) is 4.53. The molecule has 134 valence electrons. The molecular weight excluding hydrogens is 335 g/mol. The summed E-state index contributed by atoms with van der Waals surface area (Å²) >= 11 is 0. The largest absolute Gasteiger partial charge is 0.353 e. The number of amides is 1. The number of halogens is 1. The third-order valence-corrected chi connectivity index (χ3v) is 4.53. The Labute approximate surface area is 149 Å². The van der Waals surface area contributed by atoms with Crippen LogP contribution < -0.4 is 10.2 Å². The fraction of sp³-hybridized carbons (Fsp3) is 0.333. The highest BCUT2D eigenvalue weighted by Crippen LogP contribution is 2.31. The molecule has 26 heavy (non-hydrogen) atoms. The number of hydrogen-bond acceptors (Lipinski definition) is 5. The second-order valence-electron chi connectivity index (χ2n) is 6.64. The molecule has 1 aliphatic rings. The van der Waals surface area contributed by atoms with Gasteiger partial charge in [-0.05, 0) is 26.0 Å². The minimum Gasteiger partial charge on any atom is -0.353 e. The van der Waals surface area contributed by atoms with Gasteiger partial charge in [-0.3, -0.25) is 9.78 Å². The smallest absolute Gasteiger partial charge is 0.264 e. The summed E-state index contributed by atoms with van der Waals surface area (Å²) in [7, 11) is 0. The van der Waals surface area contributed by atoms with Crippen molar-refractivity contribution >= 4 is 23.1 Å². The van der Waals surface area contributed by atoms with Crippen LogP contribution in [0, 0.1) is 13.8 Å². The average Bonchev–Trinajstić information content (AvgIpc) is 3.18. The molecule has 0 bridgehead atoms. The van der Waals surface area contributed by atoms with Crippen molar-refractivity contribution in [3.05, 3.63) is 48.0 Å². The maximum atomic E-state index is 15.3. The molecular formula is C18H19FN6O. The number of alkyl halides is 1. The van der Waals surface area contributed by atoms with Crippen molar-refractivity contribution in [2.24, 2.45) is 0 Å². The molecule has 1 saturated heterocycles. The van der Waals surface area contributed by atoms with E-state index < -0.39 is 11.6 Å². The van der Waals surface area contributed by atoms with Gasteiger partial charge in [0, 0.05) is 37.0 Å². The maximum Gasteiger partial charge on any atom is 0.264 e. The van der Waals surface area contributed by atoms with E-state index in [1.807, 2.05) is 30.9 Å². The van der Waals surface area contributed by atoms with Crippen LogP contribution >= 0.6 is 0 Å². The number of anilines is 2. The van der Waals surface area contributed by atoms with E-state index in [2.05, 4.69) is 20.4 Å². The van der Waals surface area contributed by atoms with Gasteiger partial charge in [-0.2, -0.15) is 9.61 Å². The summed E-state index contributed by atoms with van der Waals surface area (Å²) < 4.78 is 17.0. The molecule has 8 heteroatoms. The lowest BCUT2D eigenvalue weighted by molar-refractivity contribution is -0.126. The highest BCUT2D eigenvalue weighted by atomic mass is 19.1. The number of hydrogen-bond donors (Lipinski definition) is 1. The maximum absolute atomic E-state index is 15.3. The Kier molecular flexibility index (Phi) is 3.82. The first-order valence-corrected chi connectivity index (χ1v) is 8.44. The molecule has 4 heterocycles. The van der Waals surface area contributed by atoms with E-state index in [-0.39, 0.29) is 13.0 Å². The Morgan fingerprint density at radius 3 is 2.92 bits per heavy atom. The van der Waals surface area contributed by atoms with Crippen molar-refractivity contribution in [1.29, 1.82) is 0 Å².